The van der Waals surface area contributed by atoms with E-state index in [1.807, 2.05) is 6.07 Å². The molecule has 1 atom stereocenters. The molecule has 1 fully saturated rings. The number of hydrogen-bond acceptors (Lipinski definition) is 3. The molecule has 0 aromatic heterocycles. The lowest BCUT2D eigenvalue weighted by atomic mass is 10.2. The Balaban J connectivity index is 1.95. The number of rotatable bonds is 5. The molecular formula is C13H14BrNO4. The van der Waals surface area contributed by atoms with E-state index in [-0.39, 0.29) is 0 Å². The fraction of sp³-hybridized carbons (Fsp3) is 0.385. The zero-order valence-electron chi connectivity index (χ0n) is 10.4. The van der Waals surface area contributed by atoms with E-state index < -0.39 is 23.5 Å². The molecule has 5 nitrogen and oxygen atoms in total. The van der Waals surface area contributed by atoms with Gasteiger partial charge in [-0.25, -0.2) is 4.79 Å². The van der Waals surface area contributed by atoms with Crippen LogP contribution in [0.3, 0.4) is 0 Å². The molecule has 1 aliphatic rings. The largest absolute Gasteiger partial charge is 0.481 e. The Morgan fingerprint density at radius 2 is 2.16 bits per heavy atom. The van der Waals surface area contributed by atoms with E-state index in [2.05, 4.69) is 21.2 Å². The minimum Gasteiger partial charge on any atom is -0.481 e. The van der Waals surface area contributed by atoms with Crippen LogP contribution in [0.1, 0.15) is 19.8 Å². The van der Waals surface area contributed by atoms with Crippen LogP contribution in [0.4, 0.5) is 0 Å². The highest BCUT2D eigenvalue weighted by Crippen LogP contribution is 2.35. The van der Waals surface area contributed by atoms with Gasteiger partial charge < -0.3 is 15.2 Å². The Labute approximate surface area is 119 Å². The lowest BCUT2D eigenvalue weighted by Gasteiger charge is -2.18. The fourth-order valence-electron chi connectivity index (χ4n) is 1.65. The molecule has 0 bridgehead atoms. The lowest BCUT2D eigenvalue weighted by Crippen LogP contribution is -2.48. The Morgan fingerprint density at radius 3 is 2.68 bits per heavy atom. The summed E-state index contributed by atoms with van der Waals surface area (Å²) in [6.45, 7) is 1.59. The van der Waals surface area contributed by atoms with Crippen molar-refractivity contribution in [2.24, 2.45) is 0 Å². The second-order valence-electron chi connectivity index (χ2n) is 4.59. The first-order valence-electron chi connectivity index (χ1n) is 5.91. The highest BCUT2D eigenvalue weighted by atomic mass is 79.9. The van der Waals surface area contributed by atoms with Crippen molar-refractivity contribution in [1.82, 2.24) is 5.32 Å². The molecule has 19 heavy (non-hydrogen) atoms. The first kappa shape index (κ1) is 13.9. The molecule has 0 radical (unpaired) electrons. The van der Waals surface area contributed by atoms with E-state index in [4.69, 9.17) is 9.84 Å². The zero-order valence-corrected chi connectivity index (χ0v) is 11.9. The average Bonchev–Trinajstić information content (AvgIpc) is 3.10. The number of hydrogen-bond donors (Lipinski definition) is 2. The van der Waals surface area contributed by atoms with Crippen LogP contribution in [0.5, 0.6) is 5.75 Å². The van der Waals surface area contributed by atoms with E-state index >= 15 is 0 Å². The number of aliphatic carboxylic acids is 1. The quantitative estimate of drug-likeness (QED) is 0.866. The second-order valence-corrected chi connectivity index (χ2v) is 5.51. The number of halogens is 1. The molecule has 0 aliphatic heterocycles. The number of benzene rings is 1. The van der Waals surface area contributed by atoms with E-state index in [9.17, 15) is 9.59 Å². The van der Waals surface area contributed by atoms with Gasteiger partial charge >= 0.3 is 5.97 Å². The molecule has 1 saturated carbocycles. The first-order chi connectivity index (χ1) is 8.93. The van der Waals surface area contributed by atoms with Crippen molar-refractivity contribution >= 4 is 27.8 Å². The van der Waals surface area contributed by atoms with Crippen LogP contribution in [0, 0.1) is 0 Å². The Bertz CT molecular complexity index is 513. The van der Waals surface area contributed by atoms with Crippen LogP contribution in [-0.4, -0.2) is 28.6 Å². The van der Waals surface area contributed by atoms with Gasteiger partial charge in [-0.2, -0.15) is 0 Å². The molecular weight excluding hydrogens is 314 g/mol. The molecule has 1 aliphatic carbocycles. The molecule has 0 heterocycles. The average molecular weight is 328 g/mol. The van der Waals surface area contributed by atoms with Gasteiger partial charge in [0.1, 0.15) is 11.3 Å². The molecule has 1 aromatic rings. The van der Waals surface area contributed by atoms with Crippen molar-refractivity contribution in [3.8, 4) is 5.75 Å². The molecule has 2 N–H and O–H groups in total. The molecule has 1 aromatic carbocycles. The maximum atomic E-state index is 11.9. The highest BCUT2D eigenvalue weighted by Gasteiger charge is 2.52. The SMILES string of the molecule is CC(Oc1cccc(Br)c1)C(=O)NC1(C(=O)O)CC1. The number of carbonyl (C=O) groups excluding carboxylic acids is 1. The van der Waals surface area contributed by atoms with Gasteiger partial charge in [-0.1, -0.05) is 22.0 Å². The maximum absolute atomic E-state index is 11.9. The van der Waals surface area contributed by atoms with Crippen molar-refractivity contribution in [3.05, 3.63) is 28.7 Å². The predicted molar refractivity (Wildman–Crippen MR) is 72.0 cm³/mol. The topological polar surface area (TPSA) is 75.6 Å². The number of ether oxygens (including phenoxy) is 1. The van der Waals surface area contributed by atoms with Crippen LogP contribution in [0.25, 0.3) is 0 Å². The van der Waals surface area contributed by atoms with Gasteiger partial charge in [-0.05, 0) is 38.0 Å². The Hall–Kier alpha value is -1.56. The molecule has 1 amide bonds. The summed E-state index contributed by atoms with van der Waals surface area (Å²) in [7, 11) is 0. The normalized spacial score (nSPS) is 17.4. The number of carboxylic acid groups (broad SMARTS) is 1. The molecule has 2 rings (SSSR count). The summed E-state index contributed by atoms with van der Waals surface area (Å²) in [6.07, 6.45) is 0.196. The van der Waals surface area contributed by atoms with Crippen molar-refractivity contribution in [2.75, 3.05) is 0 Å². The number of amides is 1. The zero-order chi connectivity index (χ0) is 14.0. The number of nitrogens with one attached hydrogen (secondary N) is 1. The van der Waals surface area contributed by atoms with Crippen molar-refractivity contribution in [2.45, 2.75) is 31.4 Å². The van der Waals surface area contributed by atoms with E-state index in [1.165, 1.54) is 0 Å². The third-order valence-electron chi connectivity index (χ3n) is 3.00. The van der Waals surface area contributed by atoms with Crippen LogP contribution >= 0.6 is 15.9 Å². The van der Waals surface area contributed by atoms with Gasteiger partial charge in [-0.3, -0.25) is 4.79 Å². The standard InChI is InChI=1S/C13H14BrNO4/c1-8(19-10-4-2-3-9(14)7-10)11(16)15-13(5-6-13)12(17)18/h2-4,7-8H,5-6H2,1H3,(H,15,16)(H,17,18). The summed E-state index contributed by atoms with van der Waals surface area (Å²) in [6, 6.07) is 7.12. The molecule has 0 saturated heterocycles. The van der Waals surface area contributed by atoms with Crippen LogP contribution < -0.4 is 10.1 Å². The summed E-state index contributed by atoms with van der Waals surface area (Å²) >= 11 is 3.31. The van der Waals surface area contributed by atoms with Gasteiger partial charge in [0, 0.05) is 4.47 Å². The lowest BCUT2D eigenvalue weighted by molar-refractivity contribution is -0.144. The summed E-state index contributed by atoms with van der Waals surface area (Å²) in [4.78, 5) is 22.9. The van der Waals surface area contributed by atoms with Gasteiger partial charge in [0.2, 0.25) is 0 Å². The van der Waals surface area contributed by atoms with Crippen molar-refractivity contribution in [3.63, 3.8) is 0 Å². The minimum atomic E-state index is -1.08. The Morgan fingerprint density at radius 1 is 1.47 bits per heavy atom. The molecule has 0 spiro atoms. The monoisotopic (exact) mass is 327 g/mol. The first-order valence-corrected chi connectivity index (χ1v) is 6.70. The third kappa shape index (κ3) is 3.26. The Kier molecular flexibility index (Phi) is 3.80. The number of carboxylic acids is 1. The summed E-state index contributed by atoms with van der Waals surface area (Å²) in [5, 5.41) is 11.5. The van der Waals surface area contributed by atoms with E-state index in [0.717, 1.165) is 4.47 Å². The van der Waals surface area contributed by atoms with Crippen LogP contribution in [0.2, 0.25) is 0 Å². The molecule has 1 unspecified atom stereocenters. The highest BCUT2D eigenvalue weighted by molar-refractivity contribution is 9.10. The fourth-order valence-corrected chi connectivity index (χ4v) is 2.03. The van der Waals surface area contributed by atoms with Gasteiger partial charge in [-0.15, -0.1) is 0 Å². The van der Waals surface area contributed by atoms with Gasteiger partial charge in [0.15, 0.2) is 6.10 Å². The summed E-state index contributed by atoms with van der Waals surface area (Å²) in [5.74, 6) is -0.854. The van der Waals surface area contributed by atoms with Crippen LogP contribution in [-0.2, 0) is 9.59 Å². The third-order valence-corrected chi connectivity index (χ3v) is 3.49. The number of carbonyl (C=O) groups is 2. The van der Waals surface area contributed by atoms with Gasteiger partial charge in [0.05, 0.1) is 0 Å². The maximum Gasteiger partial charge on any atom is 0.329 e. The predicted octanol–water partition coefficient (Wildman–Crippen LogP) is 1.95. The van der Waals surface area contributed by atoms with Crippen molar-refractivity contribution < 1.29 is 19.4 Å². The molecule has 102 valence electrons. The van der Waals surface area contributed by atoms with Crippen molar-refractivity contribution in [1.29, 1.82) is 0 Å². The smallest absolute Gasteiger partial charge is 0.329 e. The minimum absolute atomic E-state index is 0.417. The van der Waals surface area contributed by atoms with E-state index in [1.54, 1.807) is 25.1 Å². The summed E-state index contributed by atoms with van der Waals surface area (Å²) < 4.78 is 6.32. The van der Waals surface area contributed by atoms with Crippen LogP contribution in [0.15, 0.2) is 28.7 Å². The van der Waals surface area contributed by atoms with Gasteiger partial charge in [0.25, 0.3) is 5.91 Å². The summed E-state index contributed by atoms with van der Waals surface area (Å²) in [5.41, 5.74) is -1.08. The van der Waals surface area contributed by atoms with E-state index in [0.29, 0.717) is 18.6 Å². The second kappa shape index (κ2) is 5.21. The molecule has 6 heteroatoms.